The second-order valence-electron chi connectivity index (χ2n) is 5.14. The van der Waals surface area contributed by atoms with Gasteiger partial charge < -0.3 is 10.5 Å². The van der Waals surface area contributed by atoms with Crippen LogP contribution in [0, 0.1) is 12.8 Å². The van der Waals surface area contributed by atoms with Crippen molar-refractivity contribution in [1.29, 1.82) is 0 Å². The van der Waals surface area contributed by atoms with Crippen molar-refractivity contribution in [3.05, 3.63) is 28.3 Å². The minimum Gasteiger partial charge on any atom is -0.493 e. The second-order valence-corrected chi connectivity index (χ2v) is 5.55. The number of aryl methyl sites for hydroxylation is 1. The molecule has 1 fully saturated rings. The van der Waals surface area contributed by atoms with E-state index in [0.717, 1.165) is 40.8 Å². The summed E-state index contributed by atoms with van der Waals surface area (Å²) in [5.41, 5.74) is 8.03. The van der Waals surface area contributed by atoms with E-state index < -0.39 is 0 Å². The Morgan fingerprint density at radius 2 is 2.18 bits per heavy atom. The van der Waals surface area contributed by atoms with Gasteiger partial charge in [-0.15, -0.1) is 0 Å². The zero-order valence-electron chi connectivity index (χ0n) is 10.5. The van der Waals surface area contributed by atoms with Crippen LogP contribution in [-0.4, -0.2) is 12.6 Å². The lowest BCUT2D eigenvalue weighted by Gasteiger charge is -2.15. The molecule has 1 aliphatic rings. The van der Waals surface area contributed by atoms with Crippen LogP contribution < -0.4 is 10.5 Å². The first-order valence-corrected chi connectivity index (χ1v) is 6.61. The molecule has 94 valence electrons. The monoisotopic (exact) mass is 253 g/mol. The van der Waals surface area contributed by atoms with Crippen molar-refractivity contribution >= 4 is 11.6 Å². The van der Waals surface area contributed by atoms with Gasteiger partial charge in [0.25, 0.3) is 0 Å². The van der Waals surface area contributed by atoms with Gasteiger partial charge in [-0.25, -0.2) is 0 Å². The van der Waals surface area contributed by atoms with Gasteiger partial charge in [-0.1, -0.05) is 11.6 Å². The fourth-order valence-electron chi connectivity index (χ4n) is 1.83. The number of benzene rings is 1. The van der Waals surface area contributed by atoms with Crippen LogP contribution in [0.25, 0.3) is 0 Å². The lowest BCUT2D eigenvalue weighted by molar-refractivity contribution is 0.296. The molecule has 1 unspecified atom stereocenters. The summed E-state index contributed by atoms with van der Waals surface area (Å²) < 4.78 is 5.88. The number of rotatable bonds is 5. The van der Waals surface area contributed by atoms with Crippen LogP contribution in [0.2, 0.25) is 5.02 Å². The summed E-state index contributed by atoms with van der Waals surface area (Å²) in [5, 5.41) is 0.791. The van der Waals surface area contributed by atoms with Crippen LogP contribution in [0.4, 0.5) is 0 Å². The number of ether oxygens (including phenoxy) is 1. The first-order valence-electron chi connectivity index (χ1n) is 6.23. The average Bonchev–Trinajstić information content (AvgIpc) is 3.04. The predicted octanol–water partition coefficient (Wildman–Crippen LogP) is 3.33. The van der Waals surface area contributed by atoms with Gasteiger partial charge in [-0.2, -0.15) is 0 Å². The first kappa shape index (κ1) is 12.7. The Morgan fingerprint density at radius 3 is 2.76 bits per heavy atom. The molecule has 0 spiro atoms. The third kappa shape index (κ3) is 3.62. The number of hydrogen-bond donors (Lipinski definition) is 1. The quantitative estimate of drug-likeness (QED) is 0.874. The molecule has 0 radical (unpaired) electrons. The zero-order valence-corrected chi connectivity index (χ0v) is 11.3. The highest BCUT2D eigenvalue weighted by atomic mass is 35.5. The SMILES string of the molecule is Cc1cc(OCC2CC2)c(CC(C)N)cc1Cl. The zero-order chi connectivity index (χ0) is 12.4. The van der Waals surface area contributed by atoms with E-state index in [1.165, 1.54) is 12.8 Å². The van der Waals surface area contributed by atoms with E-state index in [4.69, 9.17) is 22.1 Å². The molecule has 17 heavy (non-hydrogen) atoms. The summed E-state index contributed by atoms with van der Waals surface area (Å²) in [7, 11) is 0. The Kier molecular flexibility index (Phi) is 3.95. The maximum atomic E-state index is 6.15. The van der Waals surface area contributed by atoms with Crippen molar-refractivity contribution in [2.24, 2.45) is 11.7 Å². The number of halogens is 1. The van der Waals surface area contributed by atoms with Gasteiger partial charge in [-0.3, -0.25) is 0 Å². The predicted molar refractivity (Wildman–Crippen MR) is 71.8 cm³/mol. The highest BCUT2D eigenvalue weighted by molar-refractivity contribution is 6.31. The fourth-order valence-corrected chi connectivity index (χ4v) is 2.02. The molecule has 1 aliphatic carbocycles. The van der Waals surface area contributed by atoms with Crippen LogP contribution in [0.3, 0.4) is 0 Å². The van der Waals surface area contributed by atoms with Gasteiger partial charge in [0.15, 0.2) is 0 Å². The van der Waals surface area contributed by atoms with Crippen molar-refractivity contribution < 1.29 is 4.74 Å². The van der Waals surface area contributed by atoms with Crippen LogP contribution in [0.5, 0.6) is 5.75 Å². The third-order valence-corrected chi connectivity index (χ3v) is 3.46. The molecule has 0 heterocycles. The van der Waals surface area contributed by atoms with Gasteiger partial charge in [0.2, 0.25) is 0 Å². The topological polar surface area (TPSA) is 35.2 Å². The lowest BCUT2D eigenvalue weighted by atomic mass is 10.0. The molecular formula is C14H20ClNO. The molecule has 0 aliphatic heterocycles. The molecule has 0 bridgehead atoms. The molecule has 2 rings (SSSR count). The molecular weight excluding hydrogens is 234 g/mol. The lowest BCUT2D eigenvalue weighted by Crippen LogP contribution is -2.18. The van der Waals surface area contributed by atoms with Gasteiger partial charge >= 0.3 is 0 Å². The van der Waals surface area contributed by atoms with E-state index >= 15 is 0 Å². The van der Waals surface area contributed by atoms with Gasteiger partial charge in [-0.05, 0) is 62.3 Å². The maximum absolute atomic E-state index is 6.15. The average molecular weight is 254 g/mol. The van der Waals surface area contributed by atoms with E-state index in [-0.39, 0.29) is 6.04 Å². The summed E-state index contributed by atoms with van der Waals surface area (Å²) in [5.74, 6) is 1.71. The van der Waals surface area contributed by atoms with Crippen molar-refractivity contribution in [3.63, 3.8) is 0 Å². The Labute approximate surface area is 108 Å². The summed E-state index contributed by atoms with van der Waals surface area (Å²) in [6, 6.07) is 4.14. The molecule has 2 N–H and O–H groups in total. The van der Waals surface area contributed by atoms with Crippen molar-refractivity contribution in [2.75, 3.05) is 6.61 Å². The first-order chi connectivity index (χ1) is 8.06. The smallest absolute Gasteiger partial charge is 0.122 e. The fraction of sp³-hybridized carbons (Fsp3) is 0.571. The Morgan fingerprint density at radius 1 is 1.47 bits per heavy atom. The maximum Gasteiger partial charge on any atom is 0.122 e. The van der Waals surface area contributed by atoms with E-state index in [0.29, 0.717) is 0 Å². The third-order valence-electron chi connectivity index (χ3n) is 3.06. The van der Waals surface area contributed by atoms with Crippen LogP contribution in [0.1, 0.15) is 30.9 Å². The highest BCUT2D eigenvalue weighted by Gasteiger charge is 2.22. The Balaban J connectivity index is 2.15. The molecule has 0 saturated heterocycles. The second kappa shape index (κ2) is 5.28. The van der Waals surface area contributed by atoms with Gasteiger partial charge in [0, 0.05) is 11.1 Å². The van der Waals surface area contributed by atoms with E-state index in [2.05, 4.69) is 0 Å². The van der Waals surface area contributed by atoms with Crippen molar-refractivity contribution in [1.82, 2.24) is 0 Å². The highest BCUT2D eigenvalue weighted by Crippen LogP contribution is 2.32. The van der Waals surface area contributed by atoms with Gasteiger partial charge in [0.1, 0.15) is 5.75 Å². The van der Waals surface area contributed by atoms with Crippen molar-refractivity contribution in [3.8, 4) is 5.75 Å². The van der Waals surface area contributed by atoms with Gasteiger partial charge in [0.05, 0.1) is 6.61 Å². The van der Waals surface area contributed by atoms with Crippen molar-refractivity contribution in [2.45, 2.75) is 39.2 Å². The van der Waals surface area contributed by atoms with E-state index in [1.54, 1.807) is 0 Å². The molecule has 0 aromatic heterocycles. The molecule has 1 atom stereocenters. The largest absolute Gasteiger partial charge is 0.493 e. The van der Waals surface area contributed by atoms with Crippen LogP contribution in [-0.2, 0) is 6.42 Å². The summed E-state index contributed by atoms with van der Waals surface area (Å²) in [6.07, 6.45) is 3.41. The van der Waals surface area contributed by atoms with Crippen LogP contribution in [0.15, 0.2) is 12.1 Å². The Bertz CT molecular complexity index is 399. The molecule has 0 amide bonds. The summed E-state index contributed by atoms with van der Waals surface area (Å²) >= 11 is 6.15. The Hall–Kier alpha value is -0.730. The summed E-state index contributed by atoms with van der Waals surface area (Å²) in [4.78, 5) is 0. The number of nitrogens with two attached hydrogens (primary N) is 1. The number of hydrogen-bond acceptors (Lipinski definition) is 2. The molecule has 3 heteroatoms. The normalized spacial score (nSPS) is 16.9. The molecule has 1 aromatic carbocycles. The summed E-state index contributed by atoms with van der Waals surface area (Å²) in [6.45, 7) is 4.83. The molecule has 1 saturated carbocycles. The van der Waals surface area contributed by atoms with Crippen LogP contribution >= 0.6 is 11.6 Å². The standard InChI is InChI=1S/C14H20ClNO/c1-9-5-14(17-8-11-3-4-11)12(6-10(2)16)7-13(9)15/h5,7,10-11H,3-4,6,8,16H2,1-2H3. The minimum absolute atomic E-state index is 0.122. The van der Waals surface area contributed by atoms with E-state index in [9.17, 15) is 0 Å². The molecule has 1 aromatic rings. The molecule has 2 nitrogen and oxygen atoms in total. The minimum atomic E-state index is 0.122. The van der Waals surface area contributed by atoms with E-state index in [1.807, 2.05) is 26.0 Å².